The number of ether oxygens (including phenoxy) is 1. The van der Waals surface area contributed by atoms with Crippen molar-refractivity contribution < 1.29 is 24.5 Å². The summed E-state index contributed by atoms with van der Waals surface area (Å²) in [7, 11) is 1.40. The van der Waals surface area contributed by atoms with E-state index in [1.807, 2.05) is 0 Å². The first-order valence-corrected chi connectivity index (χ1v) is 10.4. The Morgan fingerprint density at radius 3 is 2.54 bits per heavy atom. The van der Waals surface area contributed by atoms with Crippen LogP contribution in [0.1, 0.15) is 90.4 Å². The molecule has 0 amide bonds. The second-order valence-corrected chi connectivity index (χ2v) is 7.76. The second kappa shape index (κ2) is 13.3. The molecule has 1 fully saturated rings. The number of rotatable bonds is 14. The predicted molar refractivity (Wildman–Crippen MR) is 102 cm³/mol. The maximum absolute atomic E-state index is 12.2. The fraction of sp³-hybridized carbons (Fsp3) is 0.905. The van der Waals surface area contributed by atoms with Crippen LogP contribution in [0, 0.1) is 11.8 Å². The quantitative estimate of drug-likeness (QED) is 0.359. The summed E-state index contributed by atoms with van der Waals surface area (Å²) in [6, 6.07) is 0. The molecule has 0 heterocycles. The monoisotopic (exact) mass is 370 g/mol. The summed E-state index contributed by atoms with van der Waals surface area (Å²) in [6.07, 6.45) is 9.92. The van der Waals surface area contributed by atoms with Crippen LogP contribution in [0.15, 0.2) is 0 Å². The molecule has 0 unspecified atom stereocenters. The summed E-state index contributed by atoms with van der Waals surface area (Å²) in [5.41, 5.74) is 0. The van der Waals surface area contributed by atoms with Gasteiger partial charge in [-0.1, -0.05) is 45.4 Å². The molecule has 0 spiro atoms. The van der Waals surface area contributed by atoms with Crippen LogP contribution < -0.4 is 0 Å². The molecule has 1 saturated carbocycles. The van der Waals surface area contributed by atoms with Crippen molar-refractivity contribution in [2.24, 2.45) is 11.8 Å². The summed E-state index contributed by atoms with van der Waals surface area (Å²) < 4.78 is 4.62. The molecule has 0 bridgehead atoms. The van der Waals surface area contributed by atoms with Gasteiger partial charge in [-0.05, 0) is 38.0 Å². The van der Waals surface area contributed by atoms with Crippen molar-refractivity contribution in [3.05, 3.63) is 0 Å². The first-order valence-electron chi connectivity index (χ1n) is 10.4. The van der Waals surface area contributed by atoms with E-state index in [4.69, 9.17) is 0 Å². The van der Waals surface area contributed by atoms with E-state index < -0.39 is 6.10 Å². The van der Waals surface area contributed by atoms with E-state index in [2.05, 4.69) is 11.7 Å². The molecule has 26 heavy (non-hydrogen) atoms. The van der Waals surface area contributed by atoms with Crippen LogP contribution in [0.4, 0.5) is 0 Å². The van der Waals surface area contributed by atoms with Crippen LogP contribution in [0.2, 0.25) is 0 Å². The zero-order valence-corrected chi connectivity index (χ0v) is 16.6. The first-order chi connectivity index (χ1) is 12.5. The zero-order chi connectivity index (χ0) is 19.4. The van der Waals surface area contributed by atoms with E-state index in [9.17, 15) is 19.8 Å². The van der Waals surface area contributed by atoms with Gasteiger partial charge in [-0.15, -0.1) is 0 Å². The highest BCUT2D eigenvalue weighted by molar-refractivity contribution is 5.84. The van der Waals surface area contributed by atoms with E-state index in [0.717, 1.165) is 64.2 Å². The molecule has 0 aromatic carbocycles. The van der Waals surface area contributed by atoms with Crippen molar-refractivity contribution in [2.75, 3.05) is 7.11 Å². The maximum atomic E-state index is 12.2. The Kier molecular flexibility index (Phi) is 11.8. The zero-order valence-electron chi connectivity index (χ0n) is 16.6. The van der Waals surface area contributed by atoms with E-state index >= 15 is 0 Å². The highest BCUT2D eigenvalue weighted by Gasteiger charge is 2.40. The smallest absolute Gasteiger partial charge is 0.305 e. The number of methoxy groups -OCH3 is 1. The van der Waals surface area contributed by atoms with Gasteiger partial charge in [0.15, 0.2) is 0 Å². The highest BCUT2D eigenvalue weighted by Crippen LogP contribution is 2.36. The molecular weight excluding hydrogens is 332 g/mol. The number of ketones is 1. The van der Waals surface area contributed by atoms with E-state index in [0.29, 0.717) is 12.8 Å². The molecule has 1 aliphatic rings. The molecule has 0 aromatic rings. The van der Waals surface area contributed by atoms with Gasteiger partial charge in [0.2, 0.25) is 0 Å². The van der Waals surface area contributed by atoms with E-state index in [1.54, 1.807) is 0 Å². The number of carbonyl (C=O) groups excluding carboxylic acids is 2. The fourth-order valence-corrected chi connectivity index (χ4v) is 4.03. The van der Waals surface area contributed by atoms with Crippen LogP contribution >= 0.6 is 0 Å². The van der Waals surface area contributed by atoms with Crippen LogP contribution in [0.25, 0.3) is 0 Å². The van der Waals surface area contributed by atoms with Crippen LogP contribution in [0.5, 0.6) is 0 Å². The van der Waals surface area contributed by atoms with Crippen molar-refractivity contribution >= 4 is 11.8 Å². The minimum atomic E-state index is -0.547. The number of aliphatic hydroxyl groups is 2. The normalized spacial score (nSPS) is 24.0. The molecule has 5 nitrogen and oxygen atoms in total. The molecule has 1 rings (SSSR count). The van der Waals surface area contributed by atoms with Crippen molar-refractivity contribution in [3.8, 4) is 0 Å². The van der Waals surface area contributed by atoms with Crippen molar-refractivity contribution in [3.63, 3.8) is 0 Å². The van der Waals surface area contributed by atoms with Crippen LogP contribution in [0.3, 0.4) is 0 Å². The molecule has 5 heteroatoms. The number of unbranched alkanes of at least 4 members (excludes halogenated alkanes) is 5. The fourth-order valence-electron chi connectivity index (χ4n) is 4.03. The summed E-state index contributed by atoms with van der Waals surface area (Å²) in [5.74, 6) is -0.0546. The third kappa shape index (κ3) is 8.63. The molecule has 0 radical (unpaired) electrons. The molecule has 0 aliphatic heterocycles. The van der Waals surface area contributed by atoms with E-state index in [1.165, 1.54) is 7.11 Å². The van der Waals surface area contributed by atoms with Crippen LogP contribution in [-0.4, -0.2) is 41.3 Å². The number of hydrogen-bond acceptors (Lipinski definition) is 5. The first kappa shape index (κ1) is 23.1. The van der Waals surface area contributed by atoms with Crippen LogP contribution in [-0.2, 0) is 14.3 Å². The van der Waals surface area contributed by atoms with Crippen molar-refractivity contribution in [1.29, 1.82) is 0 Å². The molecule has 152 valence electrons. The lowest BCUT2D eigenvalue weighted by molar-refractivity contribution is -0.140. The molecule has 0 aromatic heterocycles. The maximum Gasteiger partial charge on any atom is 0.305 e. The molecule has 4 atom stereocenters. The Bertz CT molecular complexity index is 409. The van der Waals surface area contributed by atoms with Gasteiger partial charge in [-0.2, -0.15) is 0 Å². The Morgan fingerprint density at radius 1 is 1.12 bits per heavy atom. The Morgan fingerprint density at radius 2 is 1.85 bits per heavy atom. The lowest BCUT2D eigenvalue weighted by Gasteiger charge is -2.22. The topological polar surface area (TPSA) is 83.8 Å². The Labute approximate surface area is 158 Å². The molecular formula is C21H38O5. The number of Topliss-reactive ketones (excluding diaryl/α,β-unsaturated/α-hetero) is 1. The van der Waals surface area contributed by atoms with Gasteiger partial charge in [-0.25, -0.2) is 0 Å². The third-order valence-corrected chi connectivity index (χ3v) is 5.68. The number of esters is 1. The predicted octanol–water partition coefficient (Wildman–Crippen LogP) is 3.79. The van der Waals surface area contributed by atoms with Gasteiger partial charge >= 0.3 is 5.97 Å². The largest absolute Gasteiger partial charge is 0.469 e. The second-order valence-electron chi connectivity index (χ2n) is 7.76. The molecule has 0 saturated heterocycles. The summed E-state index contributed by atoms with van der Waals surface area (Å²) in [5, 5.41) is 20.3. The number of hydrogen-bond donors (Lipinski definition) is 2. The molecule has 1 aliphatic carbocycles. The Balaban J connectivity index is 2.28. The molecule has 2 N–H and O–H groups in total. The number of carbonyl (C=O) groups is 2. The summed E-state index contributed by atoms with van der Waals surface area (Å²) in [6.45, 7) is 2.15. The SMILES string of the molecule is CCCCC[C@H](O)CC[C@H]1[C@H](O)CC(=O)[C@@H]1CCCCCCC(=O)OC. The van der Waals surface area contributed by atoms with Crippen molar-refractivity contribution in [2.45, 2.75) is 103 Å². The third-order valence-electron chi connectivity index (χ3n) is 5.68. The number of aliphatic hydroxyl groups excluding tert-OH is 2. The lowest BCUT2D eigenvalue weighted by atomic mass is 9.85. The lowest BCUT2D eigenvalue weighted by Crippen LogP contribution is -2.22. The van der Waals surface area contributed by atoms with Gasteiger partial charge < -0.3 is 14.9 Å². The van der Waals surface area contributed by atoms with Gasteiger partial charge in [-0.3, -0.25) is 9.59 Å². The standard InChI is InChI=1S/C21H38O5/c1-3-4-7-10-16(22)13-14-18-17(19(23)15-20(18)24)11-8-5-6-9-12-21(25)26-2/h16-18,20,22,24H,3-15H2,1-2H3/t16-,17+,18+,20+/m0/s1. The minimum absolute atomic E-state index is 0.00149. The average Bonchev–Trinajstić information content (AvgIpc) is 2.89. The van der Waals surface area contributed by atoms with E-state index in [-0.39, 0.29) is 36.1 Å². The van der Waals surface area contributed by atoms with Gasteiger partial charge in [0.25, 0.3) is 0 Å². The average molecular weight is 371 g/mol. The van der Waals surface area contributed by atoms with Gasteiger partial charge in [0.1, 0.15) is 5.78 Å². The van der Waals surface area contributed by atoms with Crippen molar-refractivity contribution in [1.82, 2.24) is 0 Å². The Hall–Kier alpha value is -0.940. The van der Waals surface area contributed by atoms with Gasteiger partial charge in [0, 0.05) is 18.8 Å². The highest BCUT2D eigenvalue weighted by atomic mass is 16.5. The summed E-state index contributed by atoms with van der Waals surface area (Å²) >= 11 is 0. The van der Waals surface area contributed by atoms with Gasteiger partial charge in [0.05, 0.1) is 19.3 Å². The summed E-state index contributed by atoms with van der Waals surface area (Å²) in [4.78, 5) is 23.3. The minimum Gasteiger partial charge on any atom is -0.469 e.